The number of carbonyl (C=O) groups is 7. The highest BCUT2D eigenvalue weighted by Gasteiger charge is 2.35. The number of nitrogens with two attached hydrogens (primary N) is 2. The molecular weight excluding hydrogens is 921 g/mol. The summed E-state index contributed by atoms with van der Waals surface area (Å²) in [5, 5.41) is 45.4. The Kier molecular flexibility index (Phi) is 26.2. The minimum atomic E-state index is -1.67. The van der Waals surface area contributed by atoms with Gasteiger partial charge in [-0.1, -0.05) is 95.3 Å². The summed E-state index contributed by atoms with van der Waals surface area (Å²) in [6.45, 7) is 15.4. The SMILES string of the molecule is C=C1C(=O)N[C@H](C)C(=O)N[C@@H](CC(C)C)CON[C@@H](C(=O)O)[C@H](C)[C@H](O)N[C@@H](CCCN=C(N)N)C(=O)N[C@@H](/C=C/C(C)=C/[C@H](C)[C@H](Cc2ccccc2)OC)[C@H](C)C(=O)N[C@@H](C(=O)O)CCC(=O)N1C. The number of hydrogen-bond donors (Lipinski definition) is 11. The highest BCUT2D eigenvalue weighted by atomic mass is 16.6. The van der Waals surface area contributed by atoms with Gasteiger partial charge in [-0.05, 0) is 57.4 Å². The van der Waals surface area contributed by atoms with Crippen molar-refractivity contribution in [1.29, 1.82) is 0 Å². The molecule has 396 valence electrons. The number of aliphatic carboxylic acids is 2. The number of methoxy groups -OCH3 is 1. The number of hydrogen-bond acceptors (Lipinski definition) is 13. The molecule has 0 bridgehead atoms. The standard InChI is InChI=1S/C49H78N10O12/c1-27(2)23-35-26-71-58-41(48(68)69)31(6)43(62)56-37(17-14-22-52-49(50)51)46(65)55-36(19-18-28(3)24-29(4)39(70-10)25-34-15-12-11-13-16-34)30(5)42(61)57-38(47(66)67)20-21-40(60)59(9)33(8)45(64)53-32(7)44(63)54-35/h11-13,15-16,18-19,24,27,29-32,35-39,41,43,56,58,62H,8,14,17,20-23,25-26H2,1-7,9-10H3,(H,53,64)(H,54,63)(H,55,65)(H,57,61)(H,66,67)(H,68,69)(H4,50,51,52)/b19-18+,28-24+/t29-,30-,31-,32+,35-,36-,37-,38+,39-,41+,43-/m0/s1. The van der Waals surface area contributed by atoms with Crippen LogP contribution in [0.3, 0.4) is 0 Å². The second-order valence-corrected chi connectivity index (χ2v) is 18.5. The second-order valence-electron chi connectivity index (χ2n) is 18.5. The van der Waals surface area contributed by atoms with Crippen LogP contribution in [0.25, 0.3) is 0 Å². The first-order chi connectivity index (χ1) is 33.4. The fraction of sp³-hybridized carbons (Fsp3) is 0.592. The molecule has 0 unspecified atom stereocenters. The lowest BCUT2D eigenvalue weighted by Gasteiger charge is -2.31. The molecule has 1 heterocycles. The Morgan fingerprint density at radius 1 is 0.972 bits per heavy atom. The number of nitrogens with one attached hydrogen (secondary N) is 6. The first kappa shape index (κ1) is 60.9. The fourth-order valence-electron chi connectivity index (χ4n) is 7.59. The van der Waals surface area contributed by atoms with Gasteiger partial charge in [-0.2, -0.15) is 5.48 Å². The van der Waals surface area contributed by atoms with E-state index in [1.54, 1.807) is 19.3 Å². The lowest BCUT2D eigenvalue weighted by molar-refractivity contribution is -0.150. The maximum atomic E-state index is 14.4. The predicted octanol–water partition coefficient (Wildman–Crippen LogP) is 0.815. The van der Waals surface area contributed by atoms with E-state index in [1.165, 1.54) is 27.8 Å². The van der Waals surface area contributed by atoms with Gasteiger partial charge in [0.25, 0.3) is 5.91 Å². The zero-order valence-corrected chi connectivity index (χ0v) is 42.5. The molecule has 0 aliphatic carbocycles. The van der Waals surface area contributed by atoms with Crippen LogP contribution in [0.15, 0.2) is 71.4 Å². The first-order valence-corrected chi connectivity index (χ1v) is 23.8. The van der Waals surface area contributed by atoms with Crippen molar-refractivity contribution in [2.24, 2.45) is 40.1 Å². The van der Waals surface area contributed by atoms with E-state index in [0.29, 0.717) is 12.8 Å². The molecule has 1 saturated heterocycles. The number of carboxylic acids is 2. The molecule has 71 heavy (non-hydrogen) atoms. The van der Waals surface area contributed by atoms with Gasteiger partial charge >= 0.3 is 11.9 Å². The number of aliphatic hydroxyl groups is 1. The summed E-state index contributed by atoms with van der Waals surface area (Å²) in [5.41, 5.74) is 15.0. The van der Waals surface area contributed by atoms with Crippen molar-refractivity contribution >= 4 is 47.4 Å². The van der Waals surface area contributed by atoms with Gasteiger partial charge in [-0.25, -0.2) is 4.79 Å². The summed E-state index contributed by atoms with van der Waals surface area (Å²) >= 11 is 0. The van der Waals surface area contributed by atoms with Crippen LogP contribution in [0.4, 0.5) is 0 Å². The molecule has 1 aromatic carbocycles. The average molecular weight is 999 g/mol. The Morgan fingerprint density at radius 3 is 2.23 bits per heavy atom. The third-order valence-corrected chi connectivity index (χ3v) is 12.1. The van der Waals surface area contributed by atoms with Crippen LogP contribution in [-0.2, 0) is 49.6 Å². The van der Waals surface area contributed by atoms with Crippen molar-refractivity contribution < 1.29 is 58.5 Å². The number of carboxylic acid groups (broad SMARTS) is 2. The van der Waals surface area contributed by atoms with Gasteiger partial charge in [-0.3, -0.25) is 43.9 Å². The number of amides is 5. The molecule has 11 atom stereocenters. The predicted molar refractivity (Wildman–Crippen MR) is 266 cm³/mol. The van der Waals surface area contributed by atoms with Gasteiger partial charge in [0.05, 0.1) is 36.8 Å². The maximum Gasteiger partial charge on any atom is 0.326 e. The molecule has 1 fully saturated rings. The van der Waals surface area contributed by atoms with Crippen molar-refractivity contribution in [3.8, 4) is 0 Å². The summed E-state index contributed by atoms with van der Waals surface area (Å²) < 4.78 is 5.83. The minimum absolute atomic E-state index is 0.00673. The number of benzene rings is 1. The number of allylic oxidation sites excluding steroid dienone is 2. The molecule has 0 saturated carbocycles. The highest BCUT2D eigenvalue weighted by molar-refractivity contribution is 5.99. The monoisotopic (exact) mass is 999 g/mol. The number of aliphatic hydroxyl groups excluding tert-OH is 1. The minimum Gasteiger partial charge on any atom is -0.480 e. The van der Waals surface area contributed by atoms with Crippen LogP contribution in [0.5, 0.6) is 0 Å². The molecule has 0 aromatic heterocycles. The van der Waals surface area contributed by atoms with Crippen molar-refractivity contribution in [3.63, 3.8) is 0 Å². The van der Waals surface area contributed by atoms with E-state index in [9.17, 15) is 48.9 Å². The van der Waals surface area contributed by atoms with Crippen LogP contribution in [0.1, 0.15) is 86.1 Å². The van der Waals surface area contributed by atoms with Crippen LogP contribution < -0.4 is 43.5 Å². The second kappa shape index (κ2) is 30.5. The van der Waals surface area contributed by atoms with Gasteiger partial charge in [0.15, 0.2) is 5.96 Å². The van der Waals surface area contributed by atoms with E-state index in [2.05, 4.69) is 43.6 Å². The van der Waals surface area contributed by atoms with Crippen LogP contribution in [-0.4, -0.2) is 144 Å². The number of likely N-dealkylation sites (N-methyl/N-ethyl adjacent to an activating group) is 1. The topological polar surface area (TPSA) is 338 Å². The van der Waals surface area contributed by atoms with E-state index in [1.807, 2.05) is 64.1 Å². The lowest BCUT2D eigenvalue weighted by Crippen LogP contribution is -2.57. The Balaban J connectivity index is 2.67. The molecular formula is C49H78N10O12. The number of nitrogens with zero attached hydrogens (tertiary/aromatic N) is 2. The Morgan fingerprint density at radius 2 is 1.63 bits per heavy atom. The smallest absolute Gasteiger partial charge is 0.326 e. The average Bonchev–Trinajstić information content (AvgIpc) is 3.31. The number of guanidine groups is 1. The van der Waals surface area contributed by atoms with E-state index >= 15 is 0 Å². The summed E-state index contributed by atoms with van der Waals surface area (Å²) in [4.78, 5) is 104. The normalized spacial score (nSPS) is 26.7. The number of carbonyl (C=O) groups excluding carboxylic acids is 5. The fourth-order valence-corrected chi connectivity index (χ4v) is 7.59. The van der Waals surface area contributed by atoms with Crippen LogP contribution in [0.2, 0.25) is 0 Å². The lowest BCUT2D eigenvalue weighted by atomic mass is 9.94. The molecule has 1 aliphatic heterocycles. The zero-order valence-electron chi connectivity index (χ0n) is 42.5. The maximum absolute atomic E-state index is 14.4. The summed E-state index contributed by atoms with van der Waals surface area (Å²) in [5.74, 6) is -9.20. The van der Waals surface area contributed by atoms with Gasteiger partial charge in [-0.15, -0.1) is 0 Å². The molecule has 13 N–H and O–H groups in total. The van der Waals surface area contributed by atoms with Gasteiger partial charge in [0.1, 0.15) is 30.1 Å². The third kappa shape index (κ3) is 21.4. The molecule has 5 amide bonds. The quantitative estimate of drug-likeness (QED) is 0.0381. The number of ether oxygens (including phenoxy) is 1. The molecule has 1 aromatic rings. The van der Waals surface area contributed by atoms with Crippen LogP contribution in [0, 0.1) is 23.7 Å². The van der Waals surface area contributed by atoms with E-state index in [4.69, 9.17) is 21.0 Å². The van der Waals surface area contributed by atoms with E-state index in [-0.39, 0.29) is 55.6 Å². The van der Waals surface area contributed by atoms with E-state index in [0.717, 1.165) is 16.0 Å². The summed E-state index contributed by atoms with van der Waals surface area (Å²) in [6, 6.07) is 2.47. The molecule has 0 radical (unpaired) electrons. The van der Waals surface area contributed by atoms with Crippen molar-refractivity contribution in [2.45, 2.75) is 136 Å². The Labute approximate surface area is 416 Å². The number of rotatable bonds is 15. The first-order valence-electron chi connectivity index (χ1n) is 23.8. The van der Waals surface area contributed by atoms with Crippen LogP contribution >= 0.6 is 0 Å². The molecule has 22 heteroatoms. The molecule has 0 spiro atoms. The molecule has 22 nitrogen and oxygen atoms in total. The molecule has 1 aliphatic rings. The number of hydroxylamine groups is 1. The van der Waals surface area contributed by atoms with Gasteiger partial charge in [0.2, 0.25) is 23.6 Å². The van der Waals surface area contributed by atoms with Crippen molar-refractivity contribution in [2.75, 3.05) is 27.3 Å². The Hall–Kier alpha value is -6.20. The van der Waals surface area contributed by atoms with Gasteiger partial charge < -0.3 is 57.7 Å². The zero-order chi connectivity index (χ0) is 53.5. The largest absolute Gasteiger partial charge is 0.480 e. The van der Waals surface area contributed by atoms with Gasteiger partial charge in [0, 0.05) is 39.0 Å². The third-order valence-electron chi connectivity index (χ3n) is 12.1. The molecule has 2 rings (SSSR count). The highest BCUT2D eigenvalue weighted by Crippen LogP contribution is 2.19. The van der Waals surface area contributed by atoms with Crippen molar-refractivity contribution in [3.05, 3.63) is 72.0 Å². The summed E-state index contributed by atoms with van der Waals surface area (Å²) in [7, 11) is 2.88. The van der Waals surface area contributed by atoms with Crippen molar-refractivity contribution in [1.82, 2.24) is 37.0 Å². The van der Waals surface area contributed by atoms with E-state index < -0.39 is 109 Å². The Bertz CT molecular complexity index is 2050. The number of aliphatic imine (C=N–C) groups is 1. The summed E-state index contributed by atoms with van der Waals surface area (Å²) in [6.07, 6.45) is 3.76.